The summed E-state index contributed by atoms with van der Waals surface area (Å²) in [5.74, 6) is 0.864. The van der Waals surface area contributed by atoms with Crippen LogP contribution in [0.4, 0.5) is 0 Å². The van der Waals surface area contributed by atoms with Gasteiger partial charge in [-0.15, -0.1) is 0 Å². The minimum atomic E-state index is -0.0760. The van der Waals surface area contributed by atoms with Gasteiger partial charge in [-0.05, 0) is 51.7 Å². The summed E-state index contributed by atoms with van der Waals surface area (Å²) in [6, 6.07) is 0.823. The molecule has 3 rings (SSSR count). The largest absolute Gasteiger partial charge is 0.379 e. The molecule has 0 aromatic carbocycles. The summed E-state index contributed by atoms with van der Waals surface area (Å²) in [6.45, 7) is 6.37. The molecule has 18 heavy (non-hydrogen) atoms. The summed E-state index contributed by atoms with van der Waals surface area (Å²) in [5.41, 5.74) is 6.33. The van der Waals surface area contributed by atoms with E-state index in [-0.39, 0.29) is 5.54 Å². The van der Waals surface area contributed by atoms with Crippen molar-refractivity contribution in [1.82, 2.24) is 9.80 Å². The van der Waals surface area contributed by atoms with E-state index >= 15 is 0 Å². The molecule has 104 valence electrons. The van der Waals surface area contributed by atoms with Gasteiger partial charge >= 0.3 is 0 Å². The third-order valence-electron chi connectivity index (χ3n) is 5.10. The van der Waals surface area contributed by atoms with Gasteiger partial charge in [-0.1, -0.05) is 0 Å². The van der Waals surface area contributed by atoms with Crippen LogP contribution in [-0.2, 0) is 4.74 Å². The Kier molecular flexibility index (Phi) is 3.63. The number of nitrogens with two attached hydrogens (primary N) is 1. The summed E-state index contributed by atoms with van der Waals surface area (Å²) < 4.78 is 5.47. The highest BCUT2D eigenvalue weighted by Crippen LogP contribution is 2.30. The van der Waals surface area contributed by atoms with Crippen molar-refractivity contribution in [3.05, 3.63) is 0 Å². The van der Waals surface area contributed by atoms with Gasteiger partial charge in [0.25, 0.3) is 0 Å². The second-order valence-corrected chi connectivity index (χ2v) is 6.64. The van der Waals surface area contributed by atoms with Crippen molar-refractivity contribution in [3.8, 4) is 0 Å². The molecule has 3 unspecified atom stereocenters. The molecule has 0 aliphatic carbocycles. The van der Waals surface area contributed by atoms with Gasteiger partial charge in [0.2, 0.25) is 0 Å². The van der Waals surface area contributed by atoms with E-state index in [4.69, 9.17) is 10.5 Å². The first kappa shape index (κ1) is 12.9. The normalized spacial score (nSPS) is 43.0. The number of rotatable bonds is 2. The zero-order valence-corrected chi connectivity index (χ0v) is 11.6. The molecule has 0 radical (unpaired) electrons. The first-order valence-corrected chi connectivity index (χ1v) is 7.46. The van der Waals surface area contributed by atoms with Crippen molar-refractivity contribution in [2.45, 2.75) is 37.3 Å². The fourth-order valence-corrected chi connectivity index (χ4v) is 4.06. The van der Waals surface area contributed by atoms with Crippen LogP contribution in [0.25, 0.3) is 0 Å². The van der Waals surface area contributed by atoms with Crippen molar-refractivity contribution in [2.24, 2.45) is 11.7 Å². The Balaban J connectivity index is 1.57. The molecule has 4 heteroatoms. The van der Waals surface area contributed by atoms with Gasteiger partial charge in [0.1, 0.15) is 0 Å². The zero-order valence-electron chi connectivity index (χ0n) is 11.6. The Bertz CT molecular complexity index is 291. The minimum absolute atomic E-state index is 0.0760. The lowest BCUT2D eigenvalue weighted by atomic mass is 9.83. The molecule has 3 fully saturated rings. The van der Waals surface area contributed by atoms with E-state index in [1.54, 1.807) is 0 Å². The average Bonchev–Trinajstić information content (AvgIpc) is 2.76. The van der Waals surface area contributed by atoms with Crippen molar-refractivity contribution in [1.29, 1.82) is 0 Å². The molecule has 0 aromatic rings. The molecule has 2 N–H and O–H groups in total. The predicted octanol–water partition coefficient (Wildman–Crippen LogP) is 0.520. The number of fused-ring (bicyclic) bond motifs is 1. The lowest BCUT2D eigenvalue weighted by Gasteiger charge is -2.47. The molecule has 3 heterocycles. The van der Waals surface area contributed by atoms with E-state index in [9.17, 15) is 0 Å². The lowest BCUT2D eigenvalue weighted by molar-refractivity contribution is 0.0283. The van der Waals surface area contributed by atoms with E-state index in [1.807, 2.05) is 0 Å². The molecule has 3 atom stereocenters. The molecule has 0 amide bonds. The predicted molar refractivity (Wildman–Crippen MR) is 72.6 cm³/mol. The fraction of sp³-hybridized carbons (Fsp3) is 1.00. The summed E-state index contributed by atoms with van der Waals surface area (Å²) in [4.78, 5) is 5.16. The van der Waals surface area contributed by atoms with Crippen LogP contribution in [0.2, 0.25) is 0 Å². The highest BCUT2D eigenvalue weighted by atomic mass is 16.5. The van der Waals surface area contributed by atoms with Gasteiger partial charge in [-0.25, -0.2) is 0 Å². The van der Waals surface area contributed by atoms with Crippen molar-refractivity contribution in [3.63, 3.8) is 0 Å². The summed E-state index contributed by atoms with van der Waals surface area (Å²) in [6.07, 6.45) is 5.11. The van der Waals surface area contributed by atoms with E-state index in [2.05, 4.69) is 16.8 Å². The third-order valence-corrected chi connectivity index (χ3v) is 5.10. The molecular weight excluding hydrogens is 226 g/mol. The van der Waals surface area contributed by atoms with Crippen molar-refractivity contribution in [2.75, 3.05) is 46.4 Å². The van der Waals surface area contributed by atoms with Gasteiger partial charge in [0.05, 0.1) is 12.1 Å². The van der Waals surface area contributed by atoms with Gasteiger partial charge in [-0.2, -0.15) is 0 Å². The lowest BCUT2D eigenvalue weighted by Crippen LogP contribution is -2.57. The number of likely N-dealkylation sites (tertiary alicyclic amines) is 2. The maximum atomic E-state index is 6.41. The topological polar surface area (TPSA) is 41.7 Å². The van der Waals surface area contributed by atoms with Gasteiger partial charge < -0.3 is 20.3 Å². The maximum Gasteiger partial charge on any atom is 0.0659 e. The minimum Gasteiger partial charge on any atom is -0.379 e. The molecule has 3 aliphatic rings. The molecule has 0 aromatic heterocycles. The van der Waals surface area contributed by atoms with E-state index in [0.29, 0.717) is 0 Å². The number of nitrogens with zero attached hydrogens (tertiary/aromatic N) is 2. The quantitative estimate of drug-likeness (QED) is 0.779. The van der Waals surface area contributed by atoms with Gasteiger partial charge in [-0.3, -0.25) is 0 Å². The van der Waals surface area contributed by atoms with Crippen LogP contribution in [0, 0.1) is 5.92 Å². The zero-order chi connectivity index (χ0) is 12.6. The van der Waals surface area contributed by atoms with E-state index in [0.717, 1.165) is 38.1 Å². The number of ether oxygens (including phenoxy) is 1. The number of hydrogen-bond acceptors (Lipinski definition) is 4. The fourth-order valence-electron chi connectivity index (χ4n) is 4.06. The van der Waals surface area contributed by atoms with E-state index < -0.39 is 0 Å². The maximum absolute atomic E-state index is 6.41. The van der Waals surface area contributed by atoms with Crippen LogP contribution in [-0.4, -0.2) is 67.8 Å². The smallest absolute Gasteiger partial charge is 0.0659 e. The SMILES string of the molecule is CN1CCCC2CN(CC3(N)CCOC3)CCC21. The van der Waals surface area contributed by atoms with Crippen LogP contribution in [0.15, 0.2) is 0 Å². The Hall–Kier alpha value is -0.160. The van der Waals surface area contributed by atoms with Crippen LogP contribution in [0.5, 0.6) is 0 Å². The third kappa shape index (κ3) is 2.57. The first-order valence-electron chi connectivity index (χ1n) is 7.46. The van der Waals surface area contributed by atoms with Crippen LogP contribution in [0.3, 0.4) is 0 Å². The van der Waals surface area contributed by atoms with Crippen LogP contribution < -0.4 is 5.73 Å². The first-order chi connectivity index (χ1) is 8.66. The monoisotopic (exact) mass is 253 g/mol. The number of hydrogen-bond donors (Lipinski definition) is 1. The van der Waals surface area contributed by atoms with E-state index in [1.165, 1.54) is 38.9 Å². The second-order valence-electron chi connectivity index (χ2n) is 6.64. The van der Waals surface area contributed by atoms with Crippen molar-refractivity contribution < 1.29 is 4.74 Å². The van der Waals surface area contributed by atoms with Gasteiger partial charge in [0.15, 0.2) is 0 Å². The van der Waals surface area contributed by atoms with Crippen molar-refractivity contribution >= 4 is 0 Å². The Morgan fingerprint density at radius 1 is 1.33 bits per heavy atom. The molecule has 0 saturated carbocycles. The Morgan fingerprint density at radius 2 is 2.22 bits per heavy atom. The highest BCUT2D eigenvalue weighted by Gasteiger charge is 2.38. The van der Waals surface area contributed by atoms with Crippen LogP contribution >= 0.6 is 0 Å². The molecule has 0 bridgehead atoms. The van der Waals surface area contributed by atoms with Crippen LogP contribution in [0.1, 0.15) is 25.7 Å². The Labute approximate surface area is 110 Å². The van der Waals surface area contributed by atoms with Gasteiger partial charge in [0, 0.05) is 25.7 Å². The number of piperidine rings is 2. The molecular formula is C14H27N3O. The molecule has 3 saturated heterocycles. The summed E-state index contributed by atoms with van der Waals surface area (Å²) in [7, 11) is 2.29. The highest BCUT2D eigenvalue weighted by molar-refractivity contribution is 4.95. The molecule has 3 aliphatic heterocycles. The Morgan fingerprint density at radius 3 is 3.00 bits per heavy atom. The average molecular weight is 253 g/mol. The summed E-state index contributed by atoms with van der Waals surface area (Å²) >= 11 is 0. The second kappa shape index (κ2) is 5.08. The molecule has 4 nitrogen and oxygen atoms in total. The molecule has 0 spiro atoms. The standard InChI is InChI=1S/C14H27N3O/c1-16-6-2-3-12-9-17(7-4-13(12)16)10-14(15)5-8-18-11-14/h12-13H,2-11,15H2,1H3. The summed E-state index contributed by atoms with van der Waals surface area (Å²) in [5, 5.41) is 0.